The third kappa shape index (κ3) is 3.77. The Morgan fingerprint density at radius 2 is 2.10 bits per heavy atom. The van der Waals surface area contributed by atoms with Crippen molar-refractivity contribution in [3.63, 3.8) is 0 Å². The third-order valence-electron chi connectivity index (χ3n) is 2.98. The maximum Gasteiger partial charge on any atom is 0.321 e. The lowest BCUT2D eigenvalue weighted by atomic mass is 10.3. The van der Waals surface area contributed by atoms with Crippen molar-refractivity contribution >= 4 is 11.7 Å². The van der Waals surface area contributed by atoms with E-state index in [2.05, 4.69) is 5.32 Å². The van der Waals surface area contributed by atoms with Crippen LogP contribution in [0.3, 0.4) is 0 Å². The number of carbonyl (C=O) groups excluding carboxylic acids is 1. The first-order chi connectivity index (χ1) is 9.70. The first-order valence-electron chi connectivity index (χ1n) is 6.61. The van der Waals surface area contributed by atoms with Crippen molar-refractivity contribution in [3.05, 3.63) is 18.2 Å². The van der Waals surface area contributed by atoms with Gasteiger partial charge in [-0.25, -0.2) is 4.79 Å². The Bertz CT molecular complexity index is 464. The van der Waals surface area contributed by atoms with E-state index in [9.17, 15) is 4.79 Å². The lowest BCUT2D eigenvalue weighted by molar-refractivity contribution is 0.165. The summed E-state index contributed by atoms with van der Waals surface area (Å²) < 4.78 is 16.1. The van der Waals surface area contributed by atoms with Gasteiger partial charge in [-0.3, -0.25) is 0 Å². The van der Waals surface area contributed by atoms with Crippen LogP contribution in [0.4, 0.5) is 10.5 Å². The summed E-state index contributed by atoms with van der Waals surface area (Å²) in [6.45, 7) is 2.31. The number of hydrogen-bond acceptors (Lipinski definition) is 4. The zero-order chi connectivity index (χ0) is 14.4. The molecule has 0 atom stereocenters. The monoisotopic (exact) mass is 280 g/mol. The second kappa shape index (κ2) is 7.00. The second-order valence-corrected chi connectivity index (χ2v) is 4.56. The summed E-state index contributed by atoms with van der Waals surface area (Å²) in [4.78, 5) is 13.5. The molecule has 1 heterocycles. The van der Waals surface area contributed by atoms with Gasteiger partial charge in [-0.15, -0.1) is 0 Å². The van der Waals surface area contributed by atoms with Crippen LogP contribution in [-0.4, -0.2) is 51.5 Å². The zero-order valence-corrected chi connectivity index (χ0v) is 11.8. The SMILES string of the molecule is COCCN(C)C(=O)Nc1ccc2c(c1)OCCCO2. The van der Waals surface area contributed by atoms with Crippen LogP contribution in [0.5, 0.6) is 11.5 Å². The highest BCUT2D eigenvalue weighted by molar-refractivity contribution is 5.89. The largest absolute Gasteiger partial charge is 0.490 e. The lowest BCUT2D eigenvalue weighted by Crippen LogP contribution is -2.33. The number of fused-ring (bicyclic) bond motifs is 1. The summed E-state index contributed by atoms with van der Waals surface area (Å²) in [7, 11) is 3.33. The average Bonchev–Trinajstić information content (AvgIpc) is 2.69. The number of hydrogen-bond donors (Lipinski definition) is 1. The van der Waals surface area contributed by atoms with E-state index in [0.717, 1.165) is 6.42 Å². The van der Waals surface area contributed by atoms with Crippen LogP contribution >= 0.6 is 0 Å². The quantitative estimate of drug-likeness (QED) is 0.916. The van der Waals surface area contributed by atoms with E-state index in [4.69, 9.17) is 14.2 Å². The normalized spacial score (nSPS) is 13.5. The highest BCUT2D eigenvalue weighted by atomic mass is 16.5. The number of anilines is 1. The average molecular weight is 280 g/mol. The molecule has 2 rings (SSSR count). The second-order valence-electron chi connectivity index (χ2n) is 4.56. The minimum atomic E-state index is -0.184. The van der Waals surface area contributed by atoms with Gasteiger partial charge in [0.15, 0.2) is 11.5 Å². The molecule has 0 unspecified atom stereocenters. The van der Waals surface area contributed by atoms with Crippen LogP contribution in [-0.2, 0) is 4.74 Å². The van der Waals surface area contributed by atoms with E-state index in [1.165, 1.54) is 0 Å². The molecule has 0 aromatic heterocycles. The third-order valence-corrected chi connectivity index (χ3v) is 2.98. The summed E-state index contributed by atoms with van der Waals surface area (Å²) >= 11 is 0. The predicted molar refractivity (Wildman–Crippen MR) is 75.6 cm³/mol. The smallest absolute Gasteiger partial charge is 0.321 e. The van der Waals surface area contributed by atoms with Gasteiger partial charge >= 0.3 is 6.03 Å². The van der Waals surface area contributed by atoms with Crippen molar-refractivity contribution in [1.82, 2.24) is 4.90 Å². The summed E-state index contributed by atoms with van der Waals surface area (Å²) in [6.07, 6.45) is 0.857. The molecule has 1 aliphatic heterocycles. The number of urea groups is 1. The van der Waals surface area contributed by atoms with E-state index >= 15 is 0 Å². The Hall–Kier alpha value is -1.95. The van der Waals surface area contributed by atoms with Crippen molar-refractivity contribution in [1.29, 1.82) is 0 Å². The van der Waals surface area contributed by atoms with Gasteiger partial charge in [0, 0.05) is 38.9 Å². The molecular formula is C14H20N2O4. The van der Waals surface area contributed by atoms with Gasteiger partial charge in [0.05, 0.1) is 19.8 Å². The van der Waals surface area contributed by atoms with Crippen LogP contribution in [0.15, 0.2) is 18.2 Å². The fourth-order valence-corrected chi connectivity index (χ4v) is 1.79. The number of carbonyl (C=O) groups is 1. The molecule has 0 spiro atoms. The van der Waals surface area contributed by atoms with Crippen LogP contribution < -0.4 is 14.8 Å². The van der Waals surface area contributed by atoms with Gasteiger partial charge in [-0.2, -0.15) is 0 Å². The van der Waals surface area contributed by atoms with Crippen molar-refractivity contribution in [2.75, 3.05) is 45.8 Å². The molecule has 20 heavy (non-hydrogen) atoms. The summed E-state index contributed by atoms with van der Waals surface area (Å²) in [6, 6.07) is 5.21. The molecule has 1 aromatic rings. The number of amides is 2. The van der Waals surface area contributed by atoms with Crippen LogP contribution in [0.1, 0.15) is 6.42 Å². The van der Waals surface area contributed by atoms with Gasteiger partial charge in [0.25, 0.3) is 0 Å². The fraction of sp³-hybridized carbons (Fsp3) is 0.500. The summed E-state index contributed by atoms with van der Waals surface area (Å²) in [5, 5.41) is 2.82. The topological polar surface area (TPSA) is 60.0 Å². The van der Waals surface area contributed by atoms with Gasteiger partial charge in [0.2, 0.25) is 0 Å². The van der Waals surface area contributed by atoms with E-state index < -0.39 is 0 Å². The molecule has 0 saturated heterocycles. The van der Waals surface area contributed by atoms with E-state index in [1.807, 2.05) is 6.07 Å². The van der Waals surface area contributed by atoms with Crippen LogP contribution in [0, 0.1) is 0 Å². The standard InChI is InChI=1S/C14H20N2O4/c1-16(6-9-18-2)14(17)15-11-4-5-12-13(10-11)20-8-3-7-19-12/h4-5,10H,3,6-9H2,1-2H3,(H,15,17). The first-order valence-corrected chi connectivity index (χ1v) is 6.61. The number of ether oxygens (including phenoxy) is 3. The van der Waals surface area contributed by atoms with Crippen molar-refractivity contribution in [3.8, 4) is 11.5 Å². The van der Waals surface area contributed by atoms with E-state index in [0.29, 0.717) is 43.6 Å². The Morgan fingerprint density at radius 1 is 1.35 bits per heavy atom. The molecule has 0 fully saturated rings. The zero-order valence-electron chi connectivity index (χ0n) is 11.8. The molecule has 1 aliphatic rings. The highest BCUT2D eigenvalue weighted by Gasteiger charge is 2.13. The maximum absolute atomic E-state index is 11.9. The number of methoxy groups -OCH3 is 1. The number of nitrogens with one attached hydrogen (secondary N) is 1. The molecule has 6 nitrogen and oxygen atoms in total. The van der Waals surface area contributed by atoms with Crippen LogP contribution in [0.25, 0.3) is 0 Å². The Labute approximate surface area is 118 Å². The van der Waals surface area contributed by atoms with Gasteiger partial charge in [-0.05, 0) is 12.1 Å². The van der Waals surface area contributed by atoms with Crippen molar-refractivity contribution < 1.29 is 19.0 Å². The Kier molecular flexibility index (Phi) is 5.06. The molecule has 6 heteroatoms. The minimum Gasteiger partial charge on any atom is -0.490 e. The molecule has 2 amide bonds. The van der Waals surface area contributed by atoms with Crippen molar-refractivity contribution in [2.45, 2.75) is 6.42 Å². The maximum atomic E-state index is 11.9. The minimum absolute atomic E-state index is 0.184. The molecule has 0 saturated carbocycles. The number of likely N-dealkylation sites (N-methyl/N-ethyl adjacent to an activating group) is 1. The predicted octanol–water partition coefficient (Wildman–Crippen LogP) is 1.96. The molecular weight excluding hydrogens is 260 g/mol. The molecule has 0 aliphatic carbocycles. The van der Waals surface area contributed by atoms with Gasteiger partial charge < -0.3 is 24.4 Å². The van der Waals surface area contributed by atoms with Crippen LogP contribution in [0.2, 0.25) is 0 Å². The van der Waals surface area contributed by atoms with Gasteiger partial charge in [0.1, 0.15) is 0 Å². The summed E-state index contributed by atoms with van der Waals surface area (Å²) in [5.74, 6) is 1.38. The number of rotatable bonds is 4. The molecule has 1 N–H and O–H groups in total. The van der Waals surface area contributed by atoms with Crippen molar-refractivity contribution in [2.24, 2.45) is 0 Å². The number of nitrogens with zero attached hydrogens (tertiary/aromatic N) is 1. The van der Waals surface area contributed by atoms with E-state index in [1.54, 1.807) is 31.2 Å². The Balaban J connectivity index is 1.99. The molecule has 1 aromatic carbocycles. The Morgan fingerprint density at radius 3 is 2.85 bits per heavy atom. The molecule has 0 radical (unpaired) electrons. The molecule has 0 bridgehead atoms. The lowest BCUT2D eigenvalue weighted by Gasteiger charge is -2.18. The fourth-order valence-electron chi connectivity index (χ4n) is 1.79. The summed E-state index contributed by atoms with van der Waals surface area (Å²) in [5.41, 5.74) is 0.684. The highest BCUT2D eigenvalue weighted by Crippen LogP contribution is 2.32. The van der Waals surface area contributed by atoms with E-state index in [-0.39, 0.29) is 6.03 Å². The van der Waals surface area contributed by atoms with Gasteiger partial charge in [-0.1, -0.05) is 0 Å². The number of benzene rings is 1. The molecule has 110 valence electrons. The first kappa shape index (κ1) is 14.5.